The highest BCUT2D eigenvalue weighted by atomic mass is 32.2. The van der Waals surface area contributed by atoms with Gasteiger partial charge in [0.15, 0.2) is 0 Å². The Morgan fingerprint density at radius 1 is 1.03 bits per heavy atom. The molecule has 0 spiro atoms. The standard InChI is InChI=1S/C44H48N6O10S/c1-7-28-24-44(28,41(54)49-61(56,57)31-17-13-10-14-18-31)48-39(52)36-22-30(26-50(36)40(53)35(25-45-38(51)8-2)47-42(55)60-43(3,4)5)59-37-23-33(27-15-11-9-12-16-27)46-34-21-29(58-6)19-20-32(34)37/h7-21,23,28,30,35-36H,1-2,22,24-26H2,3-6H3,(H,45,51)(H,47,55)(H,48,52)(H,49,54)/p-1/t28-,30-,35+,36+,44-/m1/s1. The molecule has 4 aromatic rings. The molecule has 1 saturated carbocycles. The molecule has 2 heterocycles. The summed E-state index contributed by atoms with van der Waals surface area (Å²) in [5.74, 6) is -2.99. The molecule has 2 aliphatic rings. The average Bonchev–Trinajstić information content (AvgIpc) is 3.80. The number of carbonyl (C=O) groups is 4. The summed E-state index contributed by atoms with van der Waals surface area (Å²) in [5, 5.41) is 18.8. The largest absolute Gasteiger partial charge is 0.595 e. The number of benzene rings is 3. The van der Waals surface area contributed by atoms with Crippen LogP contribution >= 0.6 is 0 Å². The highest BCUT2D eigenvalue weighted by Crippen LogP contribution is 2.45. The number of fused-ring (bicyclic) bond motifs is 1. The van der Waals surface area contributed by atoms with Gasteiger partial charge in [0.1, 0.15) is 41.3 Å². The van der Waals surface area contributed by atoms with Gasteiger partial charge in [0.05, 0.1) is 29.8 Å². The number of likely N-dealkylation sites (tertiary alicyclic amines) is 1. The first-order chi connectivity index (χ1) is 29.0. The summed E-state index contributed by atoms with van der Waals surface area (Å²) in [4.78, 5) is 65.0. The summed E-state index contributed by atoms with van der Waals surface area (Å²) in [6, 6.07) is 20.8. The molecule has 1 aliphatic heterocycles. The summed E-state index contributed by atoms with van der Waals surface area (Å²) >= 11 is 0. The van der Waals surface area contributed by atoms with Crippen LogP contribution in [0, 0.1) is 5.92 Å². The fourth-order valence-corrected chi connectivity index (χ4v) is 8.04. The quantitative estimate of drug-likeness (QED) is 0.0684. The molecule has 0 radical (unpaired) electrons. The van der Waals surface area contributed by atoms with Crippen LogP contribution in [0.2, 0.25) is 0 Å². The zero-order valence-corrected chi connectivity index (χ0v) is 34.9. The third kappa shape index (κ3) is 10.2. The lowest BCUT2D eigenvalue weighted by Crippen LogP contribution is -2.57. The minimum Gasteiger partial charge on any atom is -0.595 e. The number of sulfonamides is 1. The molecule has 1 aliphatic carbocycles. The number of hydrogen-bond acceptors (Lipinski definition) is 12. The topological polar surface area (TPSA) is 218 Å². The van der Waals surface area contributed by atoms with E-state index in [1.54, 1.807) is 51.1 Å². The number of aliphatic imine (C=N–C) groups is 1. The van der Waals surface area contributed by atoms with Crippen molar-refractivity contribution in [3.8, 4) is 22.8 Å². The van der Waals surface area contributed by atoms with Crippen LogP contribution in [0.25, 0.3) is 22.2 Å². The van der Waals surface area contributed by atoms with Gasteiger partial charge in [-0.2, -0.15) is 0 Å². The molecular weight excluding hydrogens is 805 g/mol. The molecular formula is C44H47N6O10S-. The van der Waals surface area contributed by atoms with Crippen molar-refractivity contribution in [3.63, 3.8) is 0 Å². The molecule has 5 atom stereocenters. The van der Waals surface area contributed by atoms with Crippen LogP contribution in [-0.2, 0) is 33.9 Å². The van der Waals surface area contributed by atoms with Crippen LogP contribution in [0.5, 0.6) is 11.5 Å². The fourth-order valence-electron chi connectivity index (χ4n) is 6.99. The number of ether oxygens (including phenoxy) is 3. The Morgan fingerprint density at radius 2 is 1.72 bits per heavy atom. The Balaban J connectivity index is 1.36. The van der Waals surface area contributed by atoms with E-state index in [4.69, 9.17) is 19.2 Å². The van der Waals surface area contributed by atoms with Gasteiger partial charge in [0.25, 0.3) is 15.9 Å². The zero-order chi connectivity index (χ0) is 44.1. The molecule has 4 amide bonds. The Bertz CT molecular complexity index is 2470. The molecule has 17 heteroatoms. The van der Waals surface area contributed by atoms with Crippen LogP contribution in [0.15, 0.2) is 120 Å². The molecule has 2 fully saturated rings. The van der Waals surface area contributed by atoms with Crippen molar-refractivity contribution in [2.75, 3.05) is 20.2 Å². The molecule has 1 saturated heterocycles. The van der Waals surface area contributed by atoms with Gasteiger partial charge in [0, 0.05) is 47.6 Å². The molecule has 16 nitrogen and oxygen atoms in total. The number of rotatable bonds is 15. The van der Waals surface area contributed by atoms with Crippen molar-refractivity contribution in [2.45, 2.75) is 67.8 Å². The number of amides is 4. The highest BCUT2D eigenvalue weighted by Gasteiger charge is 2.61. The predicted molar refractivity (Wildman–Crippen MR) is 224 cm³/mol. The second-order valence-corrected chi connectivity index (χ2v) is 17.2. The van der Waals surface area contributed by atoms with E-state index in [1.165, 1.54) is 42.4 Å². The molecule has 0 bridgehead atoms. The molecule has 3 aromatic carbocycles. The van der Waals surface area contributed by atoms with E-state index in [1.807, 2.05) is 30.3 Å². The van der Waals surface area contributed by atoms with E-state index in [-0.39, 0.29) is 24.3 Å². The van der Waals surface area contributed by atoms with Crippen molar-refractivity contribution in [1.82, 2.24) is 25.2 Å². The monoisotopic (exact) mass is 851 g/mol. The first kappa shape index (κ1) is 43.8. The number of aromatic nitrogens is 1. The Hall–Kier alpha value is -6.75. The maximum Gasteiger partial charge on any atom is 0.264 e. The van der Waals surface area contributed by atoms with Crippen LogP contribution in [-0.4, -0.2) is 97.5 Å². The zero-order valence-electron chi connectivity index (χ0n) is 34.1. The SMILES string of the molecule is C=CC(=O)NC[C@H](N=C([O-])OC(C)(C)C)C(=O)N1C[C@H](Oc2cc(-c3ccccc3)nc3cc(OC)ccc23)C[C@H]1C(=O)N[C@]1(C(=O)NS(=O)(=O)c2ccccc2)C[C@H]1C=C. The number of carbonyl (C=O) groups excluding carboxylic acids is 4. The van der Waals surface area contributed by atoms with E-state index in [0.717, 1.165) is 11.6 Å². The number of pyridine rings is 1. The van der Waals surface area contributed by atoms with E-state index in [0.29, 0.717) is 28.1 Å². The molecule has 0 unspecified atom stereocenters. The van der Waals surface area contributed by atoms with E-state index < -0.39 is 81.5 Å². The molecule has 3 N–H and O–H groups in total. The second kappa shape index (κ2) is 17.8. The maximum absolute atomic E-state index is 14.6. The van der Waals surface area contributed by atoms with Crippen LogP contribution < -0.4 is 29.9 Å². The van der Waals surface area contributed by atoms with Gasteiger partial charge in [-0.15, -0.1) is 6.58 Å². The predicted octanol–water partition coefficient (Wildman–Crippen LogP) is 3.03. The van der Waals surface area contributed by atoms with Crippen LogP contribution in [0.1, 0.15) is 33.6 Å². The van der Waals surface area contributed by atoms with Crippen LogP contribution in [0.4, 0.5) is 0 Å². The summed E-state index contributed by atoms with van der Waals surface area (Å²) < 4.78 is 45.9. The van der Waals surface area contributed by atoms with E-state index >= 15 is 0 Å². The third-order valence-corrected chi connectivity index (χ3v) is 11.5. The number of hydrogen-bond donors (Lipinski definition) is 3. The molecule has 1 aromatic heterocycles. The Morgan fingerprint density at radius 3 is 2.34 bits per heavy atom. The summed E-state index contributed by atoms with van der Waals surface area (Å²) in [7, 11) is -2.80. The molecule has 6 rings (SSSR count). The lowest BCUT2D eigenvalue weighted by Gasteiger charge is -2.31. The minimum absolute atomic E-state index is 0.0257. The second-order valence-electron chi connectivity index (χ2n) is 15.6. The van der Waals surface area contributed by atoms with E-state index in [9.17, 15) is 32.7 Å². The Labute approximate surface area is 353 Å². The normalized spacial score (nSPS) is 20.5. The van der Waals surface area contributed by atoms with Gasteiger partial charge in [-0.25, -0.2) is 18.1 Å². The van der Waals surface area contributed by atoms with Crippen molar-refractivity contribution in [1.29, 1.82) is 0 Å². The Kier molecular flexibility index (Phi) is 12.8. The fraction of sp³-hybridized carbons (Fsp3) is 0.318. The van der Waals surface area contributed by atoms with Gasteiger partial charge in [-0.05, 0) is 36.8 Å². The molecule has 320 valence electrons. The summed E-state index contributed by atoms with van der Waals surface area (Å²) in [6.45, 7) is 11.4. The maximum atomic E-state index is 14.6. The number of nitrogens with zero attached hydrogens (tertiary/aromatic N) is 3. The van der Waals surface area contributed by atoms with Crippen LogP contribution in [0.3, 0.4) is 0 Å². The first-order valence-electron chi connectivity index (χ1n) is 19.4. The van der Waals surface area contributed by atoms with Gasteiger partial charge in [0.2, 0.25) is 17.7 Å². The minimum atomic E-state index is -4.33. The smallest absolute Gasteiger partial charge is 0.264 e. The lowest BCUT2D eigenvalue weighted by atomic mass is 10.1. The highest BCUT2D eigenvalue weighted by molar-refractivity contribution is 7.90. The van der Waals surface area contributed by atoms with Crippen molar-refractivity contribution < 1.29 is 46.9 Å². The van der Waals surface area contributed by atoms with Crippen molar-refractivity contribution >= 4 is 50.6 Å². The third-order valence-electron chi connectivity index (χ3n) is 10.1. The average molecular weight is 852 g/mol. The van der Waals surface area contributed by atoms with Gasteiger partial charge in [-0.3, -0.25) is 24.2 Å². The number of nitrogens with one attached hydrogen (secondary N) is 3. The van der Waals surface area contributed by atoms with Crippen molar-refractivity contribution in [2.24, 2.45) is 10.9 Å². The molecule has 61 heavy (non-hydrogen) atoms. The van der Waals surface area contributed by atoms with Gasteiger partial charge >= 0.3 is 0 Å². The van der Waals surface area contributed by atoms with Gasteiger partial charge in [-0.1, -0.05) is 82.0 Å². The summed E-state index contributed by atoms with van der Waals surface area (Å²) in [5.41, 5.74) is -0.776. The van der Waals surface area contributed by atoms with Crippen molar-refractivity contribution in [3.05, 3.63) is 110 Å². The van der Waals surface area contributed by atoms with E-state index in [2.05, 4.69) is 33.5 Å². The lowest BCUT2D eigenvalue weighted by molar-refractivity contribution is -0.261. The number of methoxy groups -OCH3 is 1. The first-order valence-corrected chi connectivity index (χ1v) is 20.9. The summed E-state index contributed by atoms with van der Waals surface area (Å²) in [6.07, 6.45) is 0.383. The van der Waals surface area contributed by atoms with Gasteiger partial charge < -0.3 is 34.9 Å².